The van der Waals surface area contributed by atoms with Gasteiger partial charge in [-0.25, -0.2) is 0 Å². The fourth-order valence-electron chi connectivity index (χ4n) is 4.22. The van der Waals surface area contributed by atoms with Crippen LogP contribution in [0.1, 0.15) is 76.2 Å². The van der Waals surface area contributed by atoms with Crippen molar-refractivity contribution in [3.8, 4) is 0 Å². The van der Waals surface area contributed by atoms with Gasteiger partial charge in [-0.3, -0.25) is 4.79 Å². The summed E-state index contributed by atoms with van der Waals surface area (Å²) in [5.74, 6) is 1.73. The summed E-state index contributed by atoms with van der Waals surface area (Å²) in [6.45, 7) is 0. The number of benzene rings is 1. The van der Waals surface area contributed by atoms with Crippen LogP contribution in [0, 0.1) is 11.8 Å². The largest absolute Gasteiger partial charge is 0.469 e. The molecular weight excluding hydrogens is 320 g/mol. The van der Waals surface area contributed by atoms with Crippen LogP contribution in [0.5, 0.6) is 0 Å². The van der Waals surface area contributed by atoms with Crippen LogP contribution in [0.25, 0.3) is 0 Å². The van der Waals surface area contributed by atoms with Crippen molar-refractivity contribution in [2.24, 2.45) is 11.8 Å². The number of allylic oxidation sites excluding steroid dienone is 2. The molecule has 0 heterocycles. The molecule has 1 aliphatic rings. The summed E-state index contributed by atoms with van der Waals surface area (Å²) in [5, 5.41) is 0. The Morgan fingerprint density at radius 3 is 2.65 bits per heavy atom. The molecule has 26 heavy (non-hydrogen) atoms. The zero-order chi connectivity index (χ0) is 18.5. The minimum Gasteiger partial charge on any atom is -0.469 e. The maximum atomic E-state index is 11.1. The number of carbonyl (C=O) groups excluding carboxylic acids is 1. The van der Waals surface area contributed by atoms with Crippen LogP contribution in [0.15, 0.2) is 42.5 Å². The second-order valence-electron chi connectivity index (χ2n) is 7.71. The molecule has 0 saturated heterocycles. The monoisotopic (exact) mass is 356 g/mol. The third-order valence-corrected chi connectivity index (χ3v) is 5.78. The van der Waals surface area contributed by atoms with Crippen molar-refractivity contribution in [1.29, 1.82) is 0 Å². The molecular formula is C24H36O2. The lowest BCUT2D eigenvalue weighted by molar-refractivity contribution is -0.140. The van der Waals surface area contributed by atoms with E-state index in [4.69, 9.17) is 0 Å². The second kappa shape index (κ2) is 12.7. The van der Waals surface area contributed by atoms with Crippen molar-refractivity contribution in [1.82, 2.24) is 0 Å². The fourth-order valence-corrected chi connectivity index (χ4v) is 4.22. The normalized spacial score (nSPS) is 19.9. The number of methoxy groups -OCH3 is 1. The SMILES string of the molecule is COC(=O)CCC/C=C\CC1CCCC1CCCCCc1ccccc1. The number of carbonyl (C=O) groups is 1. The third-order valence-electron chi connectivity index (χ3n) is 5.78. The number of ether oxygens (including phenoxy) is 1. The molecule has 1 fully saturated rings. The molecule has 1 aliphatic carbocycles. The van der Waals surface area contributed by atoms with Crippen LogP contribution in [0.4, 0.5) is 0 Å². The van der Waals surface area contributed by atoms with Gasteiger partial charge in [0.05, 0.1) is 7.11 Å². The zero-order valence-corrected chi connectivity index (χ0v) is 16.5. The maximum Gasteiger partial charge on any atom is 0.305 e. The maximum absolute atomic E-state index is 11.1. The first-order valence-corrected chi connectivity index (χ1v) is 10.6. The molecule has 0 bridgehead atoms. The molecule has 1 aromatic carbocycles. The Morgan fingerprint density at radius 2 is 1.85 bits per heavy atom. The van der Waals surface area contributed by atoms with Crippen molar-refractivity contribution in [2.45, 2.75) is 77.0 Å². The standard InChI is InChI=1S/C24H36O2/c1-26-24(25)20-11-3-2-9-16-22-18-12-19-23(22)17-10-5-8-15-21-13-6-4-7-14-21/h2,4,6-7,9,13-14,22-23H,3,5,8,10-12,15-20H2,1H3/b9-2-. The first kappa shape index (κ1) is 20.7. The van der Waals surface area contributed by atoms with Crippen molar-refractivity contribution in [2.75, 3.05) is 7.11 Å². The molecule has 0 aromatic heterocycles. The number of esters is 1. The first-order valence-electron chi connectivity index (χ1n) is 10.6. The fraction of sp³-hybridized carbons (Fsp3) is 0.625. The van der Waals surface area contributed by atoms with Gasteiger partial charge in [-0.15, -0.1) is 0 Å². The molecule has 1 aromatic rings. The van der Waals surface area contributed by atoms with E-state index in [1.807, 2.05) is 0 Å². The van der Waals surface area contributed by atoms with Gasteiger partial charge in [-0.05, 0) is 55.9 Å². The Labute approximate surface area is 160 Å². The van der Waals surface area contributed by atoms with Crippen LogP contribution in [-0.4, -0.2) is 13.1 Å². The number of hydrogen-bond donors (Lipinski definition) is 0. The van der Waals surface area contributed by atoms with E-state index in [0.29, 0.717) is 6.42 Å². The highest BCUT2D eigenvalue weighted by Crippen LogP contribution is 2.37. The predicted octanol–water partition coefficient (Wildman–Crippen LogP) is 6.50. The van der Waals surface area contributed by atoms with Gasteiger partial charge in [0.25, 0.3) is 0 Å². The zero-order valence-electron chi connectivity index (χ0n) is 16.5. The second-order valence-corrected chi connectivity index (χ2v) is 7.71. The van der Waals surface area contributed by atoms with E-state index in [0.717, 1.165) is 24.7 Å². The van der Waals surface area contributed by atoms with Crippen LogP contribution in [0.3, 0.4) is 0 Å². The van der Waals surface area contributed by atoms with Gasteiger partial charge in [-0.2, -0.15) is 0 Å². The molecule has 0 aliphatic heterocycles. The average Bonchev–Trinajstić information content (AvgIpc) is 3.12. The summed E-state index contributed by atoms with van der Waals surface area (Å²) in [5.41, 5.74) is 1.48. The lowest BCUT2D eigenvalue weighted by atomic mass is 9.88. The Morgan fingerprint density at radius 1 is 1.04 bits per heavy atom. The first-order chi connectivity index (χ1) is 12.8. The quantitative estimate of drug-likeness (QED) is 0.243. The van der Waals surface area contributed by atoms with Gasteiger partial charge < -0.3 is 4.74 Å². The molecule has 2 nitrogen and oxygen atoms in total. The van der Waals surface area contributed by atoms with E-state index in [9.17, 15) is 4.79 Å². The molecule has 0 spiro atoms. The summed E-state index contributed by atoms with van der Waals surface area (Å²) in [4.78, 5) is 11.1. The molecule has 2 rings (SSSR count). The van der Waals surface area contributed by atoms with E-state index >= 15 is 0 Å². The average molecular weight is 357 g/mol. The molecule has 2 atom stereocenters. The van der Waals surface area contributed by atoms with Gasteiger partial charge in [-0.1, -0.05) is 74.6 Å². The van der Waals surface area contributed by atoms with E-state index in [2.05, 4.69) is 47.2 Å². The molecule has 144 valence electrons. The number of aryl methyl sites for hydroxylation is 1. The number of rotatable bonds is 12. The Balaban J connectivity index is 1.54. The summed E-state index contributed by atoms with van der Waals surface area (Å²) in [6.07, 6.45) is 19.2. The molecule has 2 unspecified atom stereocenters. The summed E-state index contributed by atoms with van der Waals surface area (Å²) < 4.78 is 4.67. The highest BCUT2D eigenvalue weighted by molar-refractivity contribution is 5.69. The Kier molecular flexibility index (Phi) is 10.2. The van der Waals surface area contributed by atoms with Crippen LogP contribution < -0.4 is 0 Å². The minimum absolute atomic E-state index is 0.0958. The van der Waals surface area contributed by atoms with Crippen molar-refractivity contribution in [3.63, 3.8) is 0 Å². The summed E-state index contributed by atoms with van der Waals surface area (Å²) in [6, 6.07) is 10.9. The van der Waals surface area contributed by atoms with Gasteiger partial charge in [0.2, 0.25) is 0 Å². The van der Waals surface area contributed by atoms with E-state index in [-0.39, 0.29) is 5.97 Å². The lowest BCUT2D eigenvalue weighted by Gasteiger charge is -2.18. The smallest absolute Gasteiger partial charge is 0.305 e. The summed E-state index contributed by atoms with van der Waals surface area (Å²) >= 11 is 0. The van der Waals surface area contributed by atoms with E-state index in [1.165, 1.54) is 70.5 Å². The van der Waals surface area contributed by atoms with Crippen molar-refractivity contribution in [3.05, 3.63) is 48.0 Å². The topological polar surface area (TPSA) is 26.3 Å². The number of unbranched alkanes of at least 4 members (excludes halogenated alkanes) is 3. The van der Waals surface area contributed by atoms with Gasteiger partial charge in [0.1, 0.15) is 0 Å². The van der Waals surface area contributed by atoms with Crippen molar-refractivity contribution < 1.29 is 9.53 Å². The van der Waals surface area contributed by atoms with Gasteiger partial charge in [0.15, 0.2) is 0 Å². The van der Waals surface area contributed by atoms with Gasteiger partial charge >= 0.3 is 5.97 Å². The number of hydrogen-bond acceptors (Lipinski definition) is 2. The molecule has 1 saturated carbocycles. The van der Waals surface area contributed by atoms with Crippen LogP contribution >= 0.6 is 0 Å². The molecule has 0 radical (unpaired) electrons. The molecule has 0 N–H and O–H groups in total. The van der Waals surface area contributed by atoms with Gasteiger partial charge in [0, 0.05) is 6.42 Å². The Hall–Kier alpha value is -1.57. The highest BCUT2D eigenvalue weighted by atomic mass is 16.5. The predicted molar refractivity (Wildman–Crippen MR) is 109 cm³/mol. The van der Waals surface area contributed by atoms with Crippen molar-refractivity contribution >= 4 is 5.97 Å². The minimum atomic E-state index is -0.0958. The third kappa shape index (κ3) is 8.21. The summed E-state index contributed by atoms with van der Waals surface area (Å²) in [7, 11) is 1.46. The highest BCUT2D eigenvalue weighted by Gasteiger charge is 2.25. The molecule has 0 amide bonds. The lowest BCUT2D eigenvalue weighted by Crippen LogP contribution is -2.07. The Bertz CT molecular complexity index is 520. The van der Waals surface area contributed by atoms with E-state index < -0.39 is 0 Å². The van der Waals surface area contributed by atoms with E-state index in [1.54, 1.807) is 0 Å². The van der Waals surface area contributed by atoms with Crippen LogP contribution in [0.2, 0.25) is 0 Å². The molecule has 2 heteroatoms. The van der Waals surface area contributed by atoms with Crippen LogP contribution in [-0.2, 0) is 16.0 Å².